The van der Waals surface area contributed by atoms with Crippen molar-refractivity contribution in [3.8, 4) is 0 Å². The maximum absolute atomic E-state index is 13.0. The maximum Gasteiger partial charge on any atom is 0.256 e. The van der Waals surface area contributed by atoms with E-state index in [1.54, 1.807) is 41.3 Å². The second-order valence-corrected chi connectivity index (χ2v) is 10.5. The fourth-order valence-corrected chi connectivity index (χ4v) is 5.70. The zero-order valence-corrected chi connectivity index (χ0v) is 19.5. The van der Waals surface area contributed by atoms with E-state index in [0.717, 1.165) is 52.7 Å². The molecule has 0 spiro atoms. The molecule has 4 rings (SSSR count). The van der Waals surface area contributed by atoms with E-state index in [0.29, 0.717) is 22.7 Å². The third-order valence-electron chi connectivity index (χ3n) is 5.21. The van der Waals surface area contributed by atoms with Gasteiger partial charge >= 0.3 is 0 Å². The molecular formula is C24H27N3O2S2. The molecule has 2 heterocycles. The van der Waals surface area contributed by atoms with E-state index in [-0.39, 0.29) is 11.8 Å². The Labute approximate surface area is 191 Å². The van der Waals surface area contributed by atoms with Crippen LogP contribution in [-0.4, -0.2) is 40.5 Å². The highest BCUT2D eigenvalue weighted by Gasteiger charge is 2.23. The van der Waals surface area contributed by atoms with Crippen molar-refractivity contribution in [1.29, 1.82) is 0 Å². The fraction of sp³-hybridized carbons (Fsp3) is 0.375. The third kappa shape index (κ3) is 5.28. The molecule has 1 fully saturated rings. The SMILES string of the molecule is CC(C)CSc1nc2ccc(NC(=O)c3ccccc3C(=O)N3CCCCC3)cc2s1. The minimum absolute atomic E-state index is 0.0600. The van der Waals surface area contributed by atoms with E-state index in [9.17, 15) is 9.59 Å². The average molecular weight is 454 g/mol. The Morgan fingerprint density at radius 1 is 1.10 bits per heavy atom. The monoisotopic (exact) mass is 453 g/mol. The molecule has 0 atom stereocenters. The van der Waals surface area contributed by atoms with Gasteiger partial charge in [0, 0.05) is 24.5 Å². The van der Waals surface area contributed by atoms with Crippen LogP contribution < -0.4 is 5.32 Å². The molecule has 1 saturated heterocycles. The van der Waals surface area contributed by atoms with E-state index in [1.165, 1.54) is 0 Å². The quantitative estimate of drug-likeness (QED) is 0.470. The first-order valence-electron chi connectivity index (χ1n) is 10.7. The van der Waals surface area contributed by atoms with Crippen LogP contribution in [-0.2, 0) is 0 Å². The number of rotatable bonds is 6. The molecule has 0 saturated carbocycles. The molecule has 31 heavy (non-hydrogen) atoms. The Balaban J connectivity index is 1.51. The highest BCUT2D eigenvalue weighted by molar-refractivity contribution is 8.01. The molecule has 0 radical (unpaired) electrons. The van der Waals surface area contributed by atoms with Crippen LogP contribution in [0, 0.1) is 5.92 Å². The number of carbonyl (C=O) groups is 2. The summed E-state index contributed by atoms with van der Waals surface area (Å²) < 4.78 is 2.09. The number of nitrogens with one attached hydrogen (secondary N) is 1. The third-order valence-corrected chi connectivity index (χ3v) is 7.80. The summed E-state index contributed by atoms with van der Waals surface area (Å²) in [6.45, 7) is 5.91. The molecule has 1 aromatic heterocycles. The highest BCUT2D eigenvalue weighted by Crippen LogP contribution is 2.32. The first kappa shape index (κ1) is 21.8. The van der Waals surface area contributed by atoms with Crippen molar-refractivity contribution in [3.63, 3.8) is 0 Å². The van der Waals surface area contributed by atoms with Crippen LogP contribution in [0.1, 0.15) is 53.8 Å². The number of hydrogen-bond donors (Lipinski definition) is 1. The number of fused-ring (bicyclic) bond motifs is 1. The van der Waals surface area contributed by atoms with Gasteiger partial charge in [0.05, 0.1) is 21.3 Å². The zero-order valence-electron chi connectivity index (χ0n) is 17.9. The van der Waals surface area contributed by atoms with Gasteiger partial charge in [-0.2, -0.15) is 0 Å². The second kappa shape index (κ2) is 9.83. The van der Waals surface area contributed by atoms with Crippen molar-refractivity contribution in [1.82, 2.24) is 9.88 Å². The minimum Gasteiger partial charge on any atom is -0.339 e. The van der Waals surface area contributed by atoms with E-state index in [1.807, 2.05) is 29.2 Å². The zero-order chi connectivity index (χ0) is 21.8. The van der Waals surface area contributed by atoms with Gasteiger partial charge in [-0.1, -0.05) is 37.7 Å². The first-order chi connectivity index (χ1) is 15.0. The van der Waals surface area contributed by atoms with Crippen molar-refractivity contribution in [3.05, 3.63) is 53.6 Å². The normalized spacial score (nSPS) is 14.2. The van der Waals surface area contributed by atoms with Gasteiger partial charge in [0.1, 0.15) is 0 Å². The Morgan fingerprint density at radius 2 is 1.84 bits per heavy atom. The topological polar surface area (TPSA) is 62.3 Å². The van der Waals surface area contributed by atoms with Gasteiger partial charge in [-0.3, -0.25) is 9.59 Å². The lowest BCUT2D eigenvalue weighted by Crippen LogP contribution is -2.36. The maximum atomic E-state index is 13.0. The number of hydrogen-bond acceptors (Lipinski definition) is 5. The highest BCUT2D eigenvalue weighted by atomic mass is 32.2. The predicted octanol–water partition coefficient (Wildman–Crippen LogP) is 5.92. The molecule has 1 aliphatic heterocycles. The van der Waals surface area contributed by atoms with Gasteiger partial charge in [0.15, 0.2) is 4.34 Å². The molecule has 0 aliphatic carbocycles. The molecule has 5 nitrogen and oxygen atoms in total. The Bertz CT molecular complexity index is 1090. The molecule has 2 aromatic carbocycles. The number of piperidine rings is 1. The largest absolute Gasteiger partial charge is 0.339 e. The van der Waals surface area contributed by atoms with E-state index in [4.69, 9.17) is 0 Å². The van der Waals surface area contributed by atoms with Gasteiger partial charge in [0.2, 0.25) is 0 Å². The van der Waals surface area contributed by atoms with E-state index in [2.05, 4.69) is 24.1 Å². The van der Waals surface area contributed by atoms with Crippen molar-refractivity contribution >= 4 is 50.8 Å². The summed E-state index contributed by atoms with van der Waals surface area (Å²) in [6, 6.07) is 12.8. The molecule has 1 N–H and O–H groups in total. The first-order valence-corrected chi connectivity index (χ1v) is 12.5. The van der Waals surface area contributed by atoms with Crippen molar-refractivity contribution in [2.75, 3.05) is 24.2 Å². The number of amides is 2. The van der Waals surface area contributed by atoms with Crippen molar-refractivity contribution in [2.45, 2.75) is 37.4 Å². The molecule has 3 aromatic rings. The number of thiazole rings is 1. The molecule has 2 amide bonds. The molecule has 0 bridgehead atoms. The molecular weight excluding hydrogens is 426 g/mol. The predicted molar refractivity (Wildman–Crippen MR) is 129 cm³/mol. The second-order valence-electron chi connectivity index (χ2n) is 8.22. The number of anilines is 1. The fourth-order valence-electron chi connectivity index (χ4n) is 3.61. The number of carbonyl (C=O) groups excluding carboxylic acids is 2. The molecule has 7 heteroatoms. The van der Waals surface area contributed by atoms with E-state index >= 15 is 0 Å². The summed E-state index contributed by atoms with van der Waals surface area (Å²) in [5.41, 5.74) is 2.53. The number of benzene rings is 2. The smallest absolute Gasteiger partial charge is 0.256 e. The van der Waals surface area contributed by atoms with Gasteiger partial charge in [-0.15, -0.1) is 11.3 Å². The molecule has 162 valence electrons. The molecule has 1 aliphatic rings. The summed E-state index contributed by atoms with van der Waals surface area (Å²) in [7, 11) is 0. The number of likely N-dealkylation sites (tertiary alicyclic amines) is 1. The van der Waals surface area contributed by atoms with Crippen LogP contribution in [0.5, 0.6) is 0 Å². The van der Waals surface area contributed by atoms with Gasteiger partial charge in [-0.25, -0.2) is 4.98 Å². The Morgan fingerprint density at radius 3 is 2.58 bits per heavy atom. The summed E-state index contributed by atoms with van der Waals surface area (Å²) in [5.74, 6) is 1.32. The lowest BCUT2D eigenvalue weighted by Gasteiger charge is -2.27. The van der Waals surface area contributed by atoms with Crippen molar-refractivity contribution in [2.24, 2.45) is 5.92 Å². The van der Waals surface area contributed by atoms with Crippen LogP contribution in [0.4, 0.5) is 5.69 Å². The van der Waals surface area contributed by atoms with Crippen LogP contribution in [0.2, 0.25) is 0 Å². The van der Waals surface area contributed by atoms with Crippen LogP contribution in [0.15, 0.2) is 46.8 Å². The Kier molecular flexibility index (Phi) is 6.92. The van der Waals surface area contributed by atoms with Crippen molar-refractivity contribution < 1.29 is 9.59 Å². The average Bonchev–Trinajstić information content (AvgIpc) is 3.20. The standard InChI is InChI=1S/C24H27N3O2S2/c1-16(2)15-30-24-26-20-11-10-17(14-21(20)31-24)25-22(28)18-8-4-5-9-19(18)23(29)27-12-6-3-7-13-27/h4-5,8-11,14,16H,3,6-7,12-13,15H2,1-2H3,(H,25,28). The van der Waals surface area contributed by atoms with Gasteiger partial charge in [-0.05, 0) is 55.5 Å². The number of thioether (sulfide) groups is 1. The van der Waals surface area contributed by atoms with Crippen LogP contribution in [0.3, 0.4) is 0 Å². The minimum atomic E-state index is -0.265. The molecule has 0 unspecified atom stereocenters. The van der Waals surface area contributed by atoms with Gasteiger partial charge in [0.25, 0.3) is 11.8 Å². The number of nitrogens with zero attached hydrogens (tertiary/aromatic N) is 2. The summed E-state index contributed by atoms with van der Waals surface area (Å²) in [5, 5.41) is 2.97. The Hall–Kier alpha value is -2.38. The summed E-state index contributed by atoms with van der Waals surface area (Å²) in [6.07, 6.45) is 3.20. The summed E-state index contributed by atoms with van der Waals surface area (Å²) in [4.78, 5) is 32.6. The van der Waals surface area contributed by atoms with Crippen LogP contribution >= 0.6 is 23.1 Å². The lowest BCUT2D eigenvalue weighted by atomic mass is 10.0. The lowest BCUT2D eigenvalue weighted by molar-refractivity contribution is 0.0720. The number of aromatic nitrogens is 1. The van der Waals surface area contributed by atoms with Crippen LogP contribution in [0.25, 0.3) is 10.2 Å². The van der Waals surface area contributed by atoms with Gasteiger partial charge < -0.3 is 10.2 Å². The van der Waals surface area contributed by atoms with E-state index < -0.39 is 0 Å². The summed E-state index contributed by atoms with van der Waals surface area (Å²) >= 11 is 3.41.